The van der Waals surface area contributed by atoms with Gasteiger partial charge in [-0.2, -0.15) is 17.4 Å². The highest BCUT2D eigenvalue weighted by molar-refractivity contribution is 7.87. The Morgan fingerprint density at radius 2 is 2.33 bits per heavy atom. The molecule has 2 heterocycles. The van der Waals surface area contributed by atoms with Gasteiger partial charge in [-0.25, -0.2) is 4.98 Å². The van der Waals surface area contributed by atoms with Crippen LogP contribution in [0, 0.1) is 0 Å². The first-order valence-electron chi connectivity index (χ1n) is 7.49. The number of aromatic nitrogens is 1. The van der Waals surface area contributed by atoms with Crippen LogP contribution in [-0.2, 0) is 16.8 Å². The summed E-state index contributed by atoms with van der Waals surface area (Å²) in [5, 5.41) is 5.97. The second-order valence-corrected chi connectivity index (χ2v) is 7.90. The summed E-state index contributed by atoms with van der Waals surface area (Å²) in [5.41, 5.74) is 0. The van der Waals surface area contributed by atoms with Gasteiger partial charge in [0.05, 0.1) is 6.54 Å². The number of piperidine rings is 1. The molecule has 0 aromatic carbocycles. The summed E-state index contributed by atoms with van der Waals surface area (Å²) < 4.78 is 29.3. The second kappa shape index (κ2) is 8.19. The van der Waals surface area contributed by atoms with E-state index in [0.29, 0.717) is 6.54 Å². The third-order valence-corrected chi connectivity index (χ3v) is 5.96. The fourth-order valence-electron chi connectivity index (χ4n) is 2.52. The molecule has 1 aromatic rings. The predicted octanol–water partition coefficient (Wildman–Crippen LogP) is 1.33. The Hall–Kier alpha value is -0.540. The van der Waals surface area contributed by atoms with E-state index in [4.69, 9.17) is 0 Å². The molecule has 0 amide bonds. The normalized spacial score (nSPS) is 20.7. The van der Waals surface area contributed by atoms with Crippen molar-refractivity contribution in [3.05, 3.63) is 16.6 Å². The van der Waals surface area contributed by atoms with Crippen molar-refractivity contribution in [3.63, 3.8) is 0 Å². The molecule has 21 heavy (non-hydrogen) atoms. The summed E-state index contributed by atoms with van der Waals surface area (Å²) in [6, 6.07) is 0.0547. The standard InChI is InChI=1S/C13H24N4O2S2/c1-2-6-14-10-12-5-3-4-8-17(12)21(18,19)16-11-13-15-7-9-20-13/h7,9,12,14,16H,2-6,8,10-11H2,1H3. The zero-order valence-electron chi connectivity index (χ0n) is 12.4. The van der Waals surface area contributed by atoms with Gasteiger partial charge in [-0.3, -0.25) is 0 Å². The zero-order valence-corrected chi connectivity index (χ0v) is 14.0. The third-order valence-electron chi connectivity index (χ3n) is 3.58. The number of rotatable bonds is 8. The highest BCUT2D eigenvalue weighted by Gasteiger charge is 2.31. The first-order chi connectivity index (χ1) is 10.1. The minimum absolute atomic E-state index is 0.0547. The summed E-state index contributed by atoms with van der Waals surface area (Å²) in [6.45, 7) is 4.64. The molecule has 1 atom stereocenters. The van der Waals surface area contributed by atoms with Crippen molar-refractivity contribution in [2.75, 3.05) is 19.6 Å². The molecular formula is C13H24N4O2S2. The van der Waals surface area contributed by atoms with E-state index >= 15 is 0 Å². The summed E-state index contributed by atoms with van der Waals surface area (Å²) in [6.07, 6.45) is 5.70. The van der Waals surface area contributed by atoms with Crippen LogP contribution in [-0.4, -0.2) is 43.4 Å². The van der Waals surface area contributed by atoms with E-state index in [0.717, 1.165) is 43.8 Å². The molecule has 0 saturated carbocycles. The number of nitrogens with zero attached hydrogens (tertiary/aromatic N) is 2. The first kappa shape index (κ1) is 16.8. The minimum atomic E-state index is -3.44. The van der Waals surface area contributed by atoms with Crippen molar-refractivity contribution in [2.24, 2.45) is 0 Å². The van der Waals surface area contributed by atoms with Gasteiger partial charge in [-0.05, 0) is 25.8 Å². The molecule has 1 aliphatic heterocycles. The molecular weight excluding hydrogens is 308 g/mol. The molecule has 2 N–H and O–H groups in total. The van der Waals surface area contributed by atoms with E-state index in [1.807, 2.05) is 5.38 Å². The molecule has 1 aliphatic rings. The van der Waals surface area contributed by atoms with Gasteiger partial charge in [0.1, 0.15) is 5.01 Å². The predicted molar refractivity (Wildman–Crippen MR) is 85.4 cm³/mol. The van der Waals surface area contributed by atoms with Gasteiger partial charge in [-0.1, -0.05) is 13.3 Å². The summed E-state index contributed by atoms with van der Waals surface area (Å²) in [4.78, 5) is 4.10. The summed E-state index contributed by atoms with van der Waals surface area (Å²) >= 11 is 1.46. The molecule has 6 nitrogen and oxygen atoms in total. The molecule has 1 aromatic heterocycles. The molecule has 8 heteroatoms. The maximum Gasteiger partial charge on any atom is 0.280 e. The molecule has 1 saturated heterocycles. The van der Waals surface area contributed by atoms with Gasteiger partial charge < -0.3 is 5.32 Å². The number of thiazole rings is 1. The van der Waals surface area contributed by atoms with E-state index in [1.165, 1.54) is 11.3 Å². The van der Waals surface area contributed by atoms with Crippen molar-refractivity contribution in [3.8, 4) is 0 Å². The Kier molecular flexibility index (Phi) is 6.56. The maximum absolute atomic E-state index is 12.5. The van der Waals surface area contributed by atoms with Crippen LogP contribution >= 0.6 is 11.3 Å². The van der Waals surface area contributed by atoms with Crippen LogP contribution in [0.4, 0.5) is 0 Å². The Labute approximate surface area is 131 Å². The highest BCUT2D eigenvalue weighted by Crippen LogP contribution is 2.19. The van der Waals surface area contributed by atoms with Gasteiger partial charge >= 0.3 is 0 Å². The van der Waals surface area contributed by atoms with Crippen LogP contribution in [0.25, 0.3) is 0 Å². The van der Waals surface area contributed by atoms with Crippen molar-refractivity contribution in [1.29, 1.82) is 0 Å². The highest BCUT2D eigenvalue weighted by atomic mass is 32.2. The van der Waals surface area contributed by atoms with Crippen molar-refractivity contribution in [1.82, 2.24) is 19.3 Å². The van der Waals surface area contributed by atoms with Crippen LogP contribution in [0.2, 0.25) is 0 Å². The van der Waals surface area contributed by atoms with Crippen LogP contribution in [0.15, 0.2) is 11.6 Å². The Morgan fingerprint density at radius 1 is 1.48 bits per heavy atom. The first-order valence-corrected chi connectivity index (χ1v) is 9.81. The quantitative estimate of drug-likeness (QED) is 0.704. The van der Waals surface area contributed by atoms with Crippen LogP contribution in [0.1, 0.15) is 37.6 Å². The SMILES string of the molecule is CCCNCC1CCCCN1S(=O)(=O)NCc1nccs1. The number of hydrogen-bond donors (Lipinski definition) is 2. The lowest BCUT2D eigenvalue weighted by molar-refractivity contribution is 0.243. The zero-order chi connectivity index (χ0) is 15.1. The molecule has 0 bridgehead atoms. The molecule has 0 radical (unpaired) electrons. The molecule has 1 fully saturated rings. The summed E-state index contributed by atoms with van der Waals surface area (Å²) in [7, 11) is -3.44. The van der Waals surface area contributed by atoms with Crippen molar-refractivity contribution < 1.29 is 8.42 Å². The smallest absolute Gasteiger partial charge is 0.280 e. The number of hydrogen-bond acceptors (Lipinski definition) is 5. The Balaban J connectivity index is 1.94. The van der Waals surface area contributed by atoms with Crippen molar-refractivity contribution in [2.45, 2.75) is 45.2 Å². The molecule has 0 aliphatic carbocycles. The lowest BCUT2D eigenvalue weighted by Gasteiger charge is -2.34. The topological polar surface area (TPSA) is 74.3 Å². The summed E-state index contributed by atoms with van der Waals surface area (Å²) in [5.74, 6) is 0. The second-order valence-electron chi connectivity index (χ2n) is 5.22. The fourth-order valence-corrected chi connectivity index (χ4v) is 4.59. The van der Waals surface area contributed by atoms with Gasteiger partial charge in [-0.15, -0.1) is 11.3 Å². The van der Waals surface area contributed by atoms with Gasteiger partial charge in [0.15, 0.2) is 0 Å². The molecule has 1 unspecified atom stereocenters. The lowest BCUT2D eigenvalue weighted by atomic mass is 10.1. The van der Waals surface area contributed by atoms with E-state index in [9.17, 15) is 8.42 Å². The van der Waals surface area contributed by atoms with Crippen LogP contribution < -0.4 is 10.0 Å². The minimum Gasteiger partial charge on any atom is -0.315 e. The van der Waals surface area contributed by atoms with E-state index in [2.05, 4.69) is 21.9 Å². The third kappa shape index (κ3) is 5.00. The largest absolute Gasteiger partial charge is 0.315 e. The number of nitrogens with one attached hydrogen (secondary N) is 2. The Bertz CT molecular complexity index is 504. The van der Waals surface area contributed by atoms with Gasteiger partial charge in [0.25, 0.3) is 10.2 Å². The lowest BCUT2D eigenvalue weighted by Crippen LogP contribution is -2.52. The average Bonchev–Trinajstić information content (AvgIpc) is 2.99. The fraction of sp³-hybridized carbons (Fsp3) is 0.769. The Morgan fingerprint density at radius 3 is 3.05 bits per heavy atom. The van der Waals surface area contributed by atoms with Crippen LogP contribution in [0.3, 0.4) is 0 Å². The monoisotopic (exact) mass is 332 g/mol. The molecule has 2 rings (SSSR count). The van der Waals surface area contributed by atoms with E-state index in [1.54, 1.807) is 10.5 Å². The molecule has 0 spiro atoms. The maximum atomic E-state index is 12.5. The van der Waals surface area contributed by atoms with E-state index < -0.39 is 10.2 Å². The average molecular weight is 332 g/mol. The van der Waals surface area contributed by atoms with Crippen LogP contribution in [0.5, 0.6) is 0 Å². The van der Waals surface area contributed by atoms with Crippen molar-refractivity contribution >= 4 is 21.5 Å². The van der Waals surface area contributed by atoms with E-state index in [-0.39, 0.29) is 12.6 Å². The van der Waals surface area contributed by atoms with Gasteiger partial charge in [0, 0.05) is 30.7 Å². The molecule has 120 valence electrons. The van der Waals surface area contributed by atoms with Gasteiger partial charge in [0.2, 0.25) is 0 Å².